The number of carbonyl (C=O) groups is 3. The lowest BCUT2D eigenvalue weighted by Gasteiger charge is -2.30. The van der Waals surface area contributed by atoms with E-state index in [-0.39, 0.29) is 30.2 Å². The standard InChI is InChI=1S/C13H23N3O4/c1-8(2)11(13(19)20)15-10(17)7-16-5-3-9(4-6-16)12(14)18/h8-9,11H,3-7H2,1-2H3,(H2,14,18)(H,15,17)(H,19,20). The summed E-state index contributed by atoms with van der Waals surface area (Å²) < 4.78 is 0. The van der Waals surface area contributed by atoms with Gasteiger partial charge >= 0.3 is 5.97 Å². The van der Waals surface area contributed by atoms with Crippen LogP contribution in [0.1, 0.15) is 26.7 Å². The first-order valence-corrected chi connectivity index (χ1v) is 6.85. The molecule has 0 aromatic rings. The molecule has 114 valence electrons. The Morgan fingerprint density at radius 1 is 1.30 bits per heavy atom. The summed E-state index contributed by atoms with van der Waals surface area (Å²) in [5.74, 6) is -1.90. The summed E-state index contributed by atoms with van der Waals surface area (Å²) in [6.45, 7) is 4.90. The molecule has 0 aromatic heterocycles. The Kier molecular flexibility index (Phi) is 5.94. The summed E-state index contributed by atoms with van der Waals surface area (Å²) in [5.41, 5.74) is 5.24. The number of carboxylic acids is 1. The molecule has 0 aliphatic carbocycles. The summed E-state index contributed by atoms with van der Waals surface area (Å²) in [6, 6.07) is -0.870. The van der Waals surface area contributed by atoms with Crippen LogP contribution >= 0.6 is 0 Å². The summed E-state index contributed by atoms with van der Waals surface area (Å²) >= 11 is 0. The van der Waals surface area contributed by atoms with Crippen molar-refractivity contribution in [1.29, 1.82) is 0 Å². The molecule has 1 heterocycles. The van der Waals surface area contributed by atoms with Crippen molar-refractivity contribution in [3.8, 4) is 0 Å². The van der Waals surface area contributed by atoms with Crippen LogP contribution in [0.3, 0.4) is 0 Å². The van der Waals surface area contributed by atoms with Crippen LogP contribution in [0.15, 0.2) is 0 Å². The predicted molar refractivity (Wildman–Crippen MR) is 72.8 cm³/mol. The van der Waals surface area contributed by atoms with Gasteiger partial charge in [0.1, 0.15) is 6.04 Å². The Labute approximate surface area is 118 Å². The van der Waals surface area contributed by atoms with E-state index in [2.05, 4.69) is 5.32 Å². The molecule has 1 aliphatic heterocycles. The van der Waals surface area contributed by atoms with Crippen molar-refractivity contribution in [2.75, 3.05) is 19.6 Å². The van der Waals surface area contributed by atoms with Gasteiger partial charge in [-0.25, -0.2) is 4.79 Å². The SMILES string of the molecule is CC(C)C(NC(=O)CN1CCC(C(N)=O)CC1)C(=O)O. The van der Waals surface area contributed by atoms with E-state index in [0.29, 0.717) is 25.9 Å². The highest BCUT2D eigenvalue weighted by Gasteiger charge is 2.27. The number of rotatable bonds is 6. The lowest BCUT2D eigenvalue weighted by molar-refractivity contribution is -0.143. The van der Waals surface area contributed by atoms with Gasteiger partial charge in [-0.3, -0.25) is 14.5 Å². The molecule has 0 bridgehead atoms. The van der Waals surface area contributed by atoms with Crippen LogP contribution in [-0.2, 0) is 14.4 Å². The van der Waals surface area contributed by atoms with Crippen molar-refractivity contribution in [2.24, 2.45) is 17.6 Å². The van der Waals surface area contributed by atoms with Crippen LogP contribution in [0.4, 0.5) is 0 Å². The normalized spacial score (nSPS) is 18.8. The van der Waals surface area contributed by atoms with Crippen LogP contribution < -0.4 is 11.1 Å². The van der Waals surface area contributed by atoms with Crippen LogP contribution in [0.2, 0.25) is 0 Å². The summed E-state index contributed by atoms with van der Waals surface area (Å²) in [5, 5.41) is 11.5. The van der Waals surface area contributed by atoms with Crippen molar-refractivity contribution >= 4 is 17.8 Å². The van der Waals surface area contributed by atoms with Gasteiger partial charge in [-0.1, -0.05) is 13.8 Å². The summed E-state index contributed by atoms with van der Waals surface area (Å²) in [6.07, 6.45) is 1.30. The van der Waals surface area contributed by atoms with E-state index in [4.69, 9.17) is 10.8 Å². The monoisotopic (exact) mass is 285 g/mol. The van der Waals surface area contributed by atoms with E-state index in [1.807, 2.05) is 4.90 Å². The van der Waals surface area contributed by atoms with Gasteiger partial charge in [-0.2, -0.15) is 0 Å². The molecule has 1 unspecified atom stereocenters. The molecule has 0 radical (unpaired) electrons. The molecule has 7 nitrogen and oxygen atoms in total. The largest absolute Gasteiger partial charge is 0.480 e. The predicted octanol–water partition coefficient (Wildman–Crippen LogP) is -0.591. The molecule has 1 fully saturated rings. The number of nitrogens with two attached hydrogens (primary N) is 1. The fourth-order valence-corrected chi connectivity index (χ4v) is 2.31. The van der Waals surface area contributed by atoms with Gasteiger partial charge < -0.3 is 16.2 Å². The molecule has 7 heteroatoms. The maximum atomic E-state index is 11.8. The van der Waals surface area contributed by atoms with E-state index < -0.39 is 12.0 Å². The fraction of sp³-hybridized carbons (Fsp3) is 0.769. The summed E-state index contributed by atoms with van der Waals surface area (Å²) in [4.78, 5) is 35.8. The second kappa shape index (κ2) is 7.23. The number of hydrogen-bond acceptors (Lipinski definition) is 4. The average Bonchev–Trinajstić information content (AvgIpc) is 2.35. The smallest absolute Gasteiger partial charge is 0.326 e. The molecular formula is C13H23N3O4. The number of nitrogens with zero attached hydrogens (tertiary/aromatic N) is 1. The first-order valence-electron chi connectivity index (χ1n) is 6.85. The number of primary amides is 1. The first-order chi connectivity index (χ1) is 9.31. The van der Waals surface area contributed by atoms with Crippen LogP contribution in [0.5, 0.6) is 0 Å². The number of likely N-dealkylation sites (tertiary alicyclic amines) is 1. The van der Waals surface area contributed by atoms with E-state index in [9.17, 15) is 14.4 Å². The molecule has 1 rings (SSSR count). The Morgan fingerprint density at radius 2 is 1.85 bits per heavy atom. The Hall–Kier alpha value is -1.63. The minimum atomic E-state index is -1.03. The van der Waals surface area contributed by atoms with E-state index in [1.165, 1.54) is 0 Å². The fourth-order valence-electron chi connectivity index (χ4n) is 2.31. The number of carboxylic acid groups (broad SMARTS) is 1. The van der Waals surface area contributed by atoms with Crippen molar-refractivity contribution in [2.45, 2.75) is 32.7 Å². The maximum Gasteiger partial charge on any atom is 0.326 e. The topological polar surface area (TPSA) is 113 Å². The van der Waals surface area contributed by atoms with Crippen molar-refractivity contribution in [3.05, 3.63) is 0 Å². The highest BCUT2D eigenvalue weighted by molar-refractivity contribution is 5.84. The number of aliphatic carboxylic acids is 1. The van der Waals surface area contributed by atoms with E-state index in [0.717, 1.165) is 0 Å². The van der Waals surface area contributed by atoms with Gasteiger partial charge in [0.15, 0.2) is 0 Å². The summed E-state index contributed by atoms with van der Waals surface area (Å²) in [7, 11) is 0. The van der Waals surface area contributed by atoms with Gasteiger partial charge in [-0.05, 0) is 31.8 Å². The van der Waals surface area contributed by atoms with Gasteiger partial charge in [0, 0.05) is 5.92 Å². The maximum absolute atomic E-state index is 11.8. The van der Waals surface area contributed by atoms with Crippen LogP contribution in [0.25, 0.3) is 0 Å². The van der Waals surface area contributed by atoms with Crippen molar-refractivity contribution in [3.63, 3.8) is 0 Å². The average molecular weight is 285 g/mol. The van der Waals surface area contributed by atoms with Gasteiger partial charge in [-0.15, -0.1) is 0 Å². The third kappa shape index (κ3) is 4.80. The molecule has 4 N–H and O–H groups in total. The molecule has 0 saturated carbocycles. The van der Waals surface area contributed by atoms with Crippen LogP contribution in [0, 0.1) is 11.8 Å². The van der Waals surface area contributed by atoms with Crippen molar-refractivity contribution < 1.29 is 19.5 Å². The number of hydrogen-bond donors (Lipinski definition) is 3. The number of amides is 2. The molecule has 1 atom stereocenters. The highest BCUT2D eigenvalue weighted by Crippen LogP contribution is 2.16. The number of carbonyl (C=O) groups excluding carboxylic acids is 2. The zero-order chi connectivity index (χ0) is 15.3. The molecule has 0 spiro atoms. The van der Waals surface area contributed by atoms with E-state index >= 15 is 0 Å². The molecule has 1 aliphatic rings. The Balaban J connectivity index is 2.40. The molecular weight excluding hydrogens is 262 g/mol. The second-order valence-corrected chi connectivity index (χ2v) is 5.58. The molecule has 1 saturated heterocycles. The first kappa shape index (κ1) is 16.4. The minimum absolute atomic E-state index is 0.114. The van der Waals surface area contributed by atoms with Gasteiger partial charge in [0.2, 0.25) is 11.8 Å². The second-order valence-electron chi connectivity index (χ2n) is 5.58. The van der Waals surface area contributed by atoms with E-state index in [1.54, 1.807) is 13.8 Å². The zero-order valence-corrected chi connectivity index (χ0v) is 12.0. The lowest BCUT2D eigenvalue weighted by atomic mass is 9.96. The number of nitrogens with one attached hydrogen (secondary N) is 1. The Morgan fingerprint density at radius 3 is 2.25 bits per heavy atom. The zero-order valence-electron chi connectivity index (χ0n) is 12.0. The quantitative estimate of drug-likeness (QED) is 0.603. The third-order valence-corrected chi connectivity index (χ3v) is 3.61. The minimum Gasteiger partial charge on any atom is -0.480 e. The lowest BCUT2D eigenvalue weighted by Crippen LogP contribution is -2.49. The molecule has 20 heavy (non-hydrogen) atoms. The van der Waals surface area contributed by atoms with Crippen LogP contribution in [-0.4, -0.2) is 53.5 Å². The number of piperidine rings is 1. The Bertz CT molecular complexity index is 376. The third-order valence-electron chi connectivity index (χ3n) is 3.61. The highest BCUT2D eigenvalue weighted by atomic mass is 16.4. The van der Waals surface area contributed by atoms with Gasteiger partial charge in [0.25, 0.3) is 0 Å². The molecule has 0 aromatic carbocycles. The van der Waals surface area contributed by atoms with Gasteiger partial charge in [0.05, 0.1) is 6.54 Å². The molecule has 2 amide bonds. The van der Waals surface area contributed by atoms with Crippen molar-refractivity contribution in [1.82, 2.24) is 10.2 Å².